The van der Waals surface area contributed by atoms with Crippen molar-refractivity contribution in [2.45, 2.75) is 38.8 Å². The summed E-state index contributed by atoms with van der Waals surface area (Å²) in [7, 11) is 3.53. The van der Waals surface area contributed by atoms with Crippen LogP contribution in [0.15, 0.2) is 36.4 Å². The van der Waals surface area contributed by atoms with E-state index in [1.165, 1.54) is 22.5 Å². The number of amides is 1. The van der Waals surface area contributed by atoms with Crippen molar-refractivity contribution in [3.8, 4) is 33.0 Å². The van der Waals surface area contributed by atoms with Gasteiger partial charge in [-0.05, 0) is 56.0 Å². The number of hydrogen-bond donors (Lipinski definition) is 1. The van der Waals surface area contributed by atoms with Crippen molar-refractivity contribution in [3.63, 3.8) is 0 Å². The highest BCUT2D eigenvalue weighted by atomic mass is 35.5. The maximum absolute atomic E-state index is 12.0. The largest absolute Gasteiger partial charge is 0.490 e. The lowest BCUT2D eigenvalue weighted by Gasteiger charge is -2.16. The van der Waals surface area contributed by atoms with Gasteiger partial charge >= 0.3 is 0 Å². The number of likely N-dealkylation sites (N-methyl/N-ethyl adjacent to an activating group) is 1. The van der Waals surface area contributed by atoms with E-state index in [1.807, 2.05) is 32.0 Å². The van der Waals surface area contributed by atoms with E-state index in [4.69, 9.17) is 4.74 Å². The summed E-state index contributed by atoms with van der Waals surface area (Å²) in [6, 6.07) is 14.1. The van der Waals surface area contributed by atoms with E-state index in [1.54, 1.807) is 25.1 Å². The van der Waals surface area contributed by atoms with Gasteiger partial charge in [0.2, 0.25) is 5.91 Å². The maximum Gasteiger partial charge on any atom is 0.236 e. The summed E-state index contributed by atoms with van der Waals surface area (Å²) < 4.78 is 5.72. The number of fused-ring (bicyclic) bond motifs is 1. The number of aromatic nitrogens is 2. The Hall–Kier alpha value is -2.99. The number of nitrogens with zero attached hydrogens (tertiary/aromatic N) is 4. The van der Waals surface area contributed by atoms with Crippen LogP contribution < -0.4 is 10.1 Å². The minimum Gasteiger partial charge on any atom is -0.490 e. The average Bonchev–Trinajstić information content (AvgIpc) is 3.44. The van der Waals surface area contributed by atoms with Crippen LogP contribution in [0.25, 0.3) is 21.1 Å². The van der Waals surface area contributed by atoms with Crippen LogP contribution in [-0.4, -0.2) is 47.7 Å². The molecule has 0 unspecified atom stereocenters. The van der Waals surface area contributed by atoms with Crippen molar-refractivity contribution in [2.75, 3.05) is 20.6 Å². The second kappa shape index (κ2) is 11.0. The second-order valence-electron chi connectivity index (χ2n) is 8.54. The summed E-state index contributed by atoms with van der Waals surface area (Å²) in [6.07, 6.45) is 1.87. The molecule has 0 saturated carbocycles. The molecule has 1 N–H and O–H groups in total. The fraction of sp³-hybridized carbons (Fsp3) is 0.360. The highest BCUT2D eigenvalue weighted by Gasteiger charge is 2.26. The number of hydrogen-bond acceptors (Lipinski definition) is 7. The molecule has 0 spiro atoms. The standard InChI is InChI=1S/C25H27N5O2S.ClH/c1-15(2)32-22-11-8-16(12-17(22)13-26)24-28-29-25(33-24)20-7-5-6-19-18(20)9-10-21(19)27-14-23(31)30(3)4;/h5-8,11-12,15,21,27H,9-10,14H2,1-4H3;1H/t21-;/m1./s1. The van der Waals surface area contributed by atoms with E-state index < -0.39 is 0 Å². The van der Waals surface area contributed by atoms with Gasteiger partial charge in [0.25, 0.3) is 0 Å². The van der Waals surface area contributed by atoms with E-state index in [-0.39, 0.29) is 30.5 Å². The van der Waals surface area contributed by atoms with Gasteiger partial charge in [-0.2, -0.15) is 5.26 Å². The molecule has 3 aromatic rings. The molecule has 7 nitrogen and oxygen atoms in total. The van der Waals surface area contributed by atoms with Crippen LogP contribution in [0.2, 0.25) is 0 Å². The number of benzene rings is 2. The Bertz CT molecular complexity index is 1220. The first-order chi connectivity index (χ1) is 15.9. The molecule has 0 fully saturated rings. The molecular formula is C25H28ClN5O2S. The van der Waals surface area contributed by atoms with E-state index in [9.17, 15) is 10.1 Å². The number of ether oxygens (including phenoxy) is 1. The number of carbonyl (C=O) groups is 1. The maximum atomic E-state index is 12.0. The van der Waals surface area contributed by atoms with Gasteiger partial charge in [-0.15, -0.1) is 22.6 Å². The van der Waals surface area contributed by atoms with Gasteiger partial charge in [0.1, 0.15) is 21.8 Å². The molecule has 0 radical (unpaired) electrons. The molecule has 4 rings (SSSR count). The molecule has 1 aliphatic carbocycles. The Balaban J connectivity index is 0.00000324. The van der Waals surface area contributed by atoms with Crippen molar-refractivity contribution < 1.29 is 9.53 Å². The van der Waals surface area contributed by atoms with Gasteiger partial charge in [0, 0.05) is 31.3 Å². The minimum absolute atomic E-state index is 0. The number of carbonyl (C=O) groups excluding carboxylic acids is 1. The summed E-state index contributed by atoms with van der Waals surface area (Å²) in [5.74, 6) is 0.642. The summed E-state index contributed by atoms with van der Waals surface area (Å²) in [5.41, 5.74) is 4.89. The molecule has 0 bridgehead atoms. The molecule has 1 heterocycles. The Morgan fingerprint density at radius 3 is 2.74 bits per heavy atom. The third kappa shape index (κ3) is 5.39. The monoisotopic (exact) mass is 497 g/mol. The Labute approximate surface area is 210 Å². The summed E-state index contributed by atoms with van der Waals surface area (Å²) in [4.78, 5) is 13.6. The Morgan fingerprint density at radius 2 is 2.03 bits per heavy atom. The van der Waals surface area contributed by atoms with Gasteiger partial charge in [-0.3, -0.25) is 4.79 Å². The SMILES string of the molecule is CC(C)Oc1ccc(-c2nnc(-c3cccc4c3CC[C@H]4NCC(=O)N(C)C)s2)cc1C#N.Cl. The molecule has 1 amide bonds. The van der Waals surface area contributed by atoms with Gasteiger partial charge < -0.3 is 15.0 Å². The van der Waals surface area contributed by atoms with Crippen molar-refractivity contribution >= 4 is 29.7 Å². The van der Waals surface area contributed by atoms with Crippen LogP contribution in [0.4, 0.5) is 0 Å². The van der Waals surface area contributed by atoms with Crippen LogP contribution in [-0.2, 0) is 11.2 Å². The molecule has 1 aromatic heterocycles. The average molecular weight is 498 g/mol. The van der Waals surface area contributed by atoms with Crippen molar-refractivity contribution in [2.24, 2.45) is 0 Å². The van der Waals surface area contributed by atoms with Gasteiger partial charge in [0.05, 0.1) is 18.2 Å². The van der Waals surface area contributed by atoms with Gasteiger partial charge in [0.15, 0.2) is 0 Å². The zero-order valence-electron chi connectivity index (χ0n) is 19.7. The van der Waals surface area contributed by atoms with E-state index in [0.717, 1.165) is 34.0 Å². The zero-order valence-corrected chi connectivity index (χ0v) is 21.3. The Kier molecular flexibility index (Phi) is 8.26. The van der Waals surface area contributed by atoms with Crippen molar-refractivity contribution in [1.29, 1.82) is 5.26 Å². The van der Waals surface area contributed by atoms with E-state index >= 15 is 0 Å². The zero-order chi connectivity index (χ0) is 23.5. The van der Waals surface area contributed by atoms with Crippen LogP contribution >= 0.6 is 23.7 Å². The first-order valence-corrected chi connectivity index (χ1v) is 11.8. The minimum atomic E-state index is -0.00410. The molecule has 1 atom stereocenters. The third-order valence-electron chi connectivity index (χ3n) is 5.63. The number of nitriles is 1. The molecule has 2 aromatic carbocycles. The van der Waals surface area contributed by atoms with Crippen molar-refractivity contribution in [3.05, 3.63) is 53.1 Å². The predicted molar refractivity (Wildman–Crippen MR) is 136 cm³/mol. The fourth-order valence-corrected chi connectivity index (χ4v) is 4.88. The second-order valence-corrected chi connectivity index (χ2v) is 9.51. The van der Waals surface area contributed by atoms with E-state index in [2.05, 4.69) is 33.7 Å². The quantitative estimate of drug-likeness (QED) is 0.512. The first kappa shape index (κ1) is 25.6. The summed E-state index contributed by atoms with van der Waals surface area (Å²) >= 11 is 1.51. The molecule has 0 saturated heterocycles. The molecule has 0 aliphatic heterocycles. The number of halogens is 1. The first-order valence-electron chi connectivity index (χ1n) is 11.0. The topological polar surface area (TPSA) is 91.1 Å². The number of nitrogens with one attached hydrogen (secondary N) is 1. The fourth-order valence-electron chi connectivity index (χ4n) is 3.99. The van der Waals surface area contributed by atoms with Crippen LogP contribution in [0.1, 0.15) is 43.0 Å². The predicted octanol–water partition coefficient (Wildman–Crippen LogP) is 4.62. The van der Waals surface area contributed by atoms with Crippen LogP contribution in [0.3, 0.4) is 0 Å². The molecule has 1 aliphatic rings. The lowest BCUT2D eigenvalue weighted by atomic mass is 10.0. The highest BCUT2D eigenvalue weighted by molar-refractivity contribution is 7.17. The molecule has 34 heavy (non-hydrogen) atoms. The highest BCUT2D eigenvalue weighted by Crippen LogP contribution is 2.40. The lowest BCUT2D eigenvalue weighted by molar-refractivity contribution is -0.127. The van der Waals surface area contributed by atoms with E-state index in [0.29, 0.717) is 17.9 Å². The molecule has 9 heteroatoms. The Morgan fingerprint density at radius 1 is 1.26 bits per heavy atom. The third-order valence-corrected chi connectivity index (χ3v) is 6.64. The summed E-state index contributed by atoms with van der Waals surface area (Å²) in [5, 5.41) is 23.4. The van der Waals surface area contributed by atoms with Crippen LogP contribution in [0, 0.1) is 11.3 Å². The van der Waals surface area contributed by atoms with Gasteiger partial charge in [-0.1, -0.05) is 29.5 Å². The molecular weight excluding hydrogens is 470 g/mol. The van der Waals surface area contributed by atoms with Gasteiger partial charge in [-0.25, -0.2) is 0 Å². The van der Waals surface area contributed by atoms with Crippen molar-refractivity contribution in [1.82, 2.24) is 20.4 Å². The number of rotatable bonds is 7. The van der Waals surface area contributed by atoms with Crippen LogP contribution in [0.5, 0.6) is 5.75 Å². The molecule has 178 valence electrons. The summed E-state index contributed by atoms with van der Waals surface area (Å²) in [6.45, 7) is 4.19. The smallest absolute Gasteiger partial charge is 0.236 e. The normalized spacial score (nSPS) is 14.3. The lowest BCUT2D eigenvalue weighted by Crippen LogP contribution is -2.34.